The summed E-state index contributed by atoms with van der Waals surface area (Å²) >= 11 is 7.61. The van der Waals surface area contributed by atoms with Crippen LogP contribution in [0.5, 0.6) is 0 Å². The Morgan fingerprint density at radius 3 is 2.38 bits per heavy atom. The molecule has 0 bridgehead atoms. The van der Waals surface area contributed by atoms with E-state index >= 15 is 0 Å². The Hall–Kier alpha value is -0.0500. The predicted octanol–water partition coefficient (Wildman–Crippen LogP) is 4.24. The summed E-state index contributed by atoms with van der Waals surface area (Å²) < 4.78 is 0.870. The molecule has 0 unspecified atom stereocenters. The zero-order valence-electron chi connectivity index (χ0n) is 10.1. The monoisotopic (exact) mass is 257 g/mol. The van der Waals surface area contributed by atoms with E-state index in [1.165, 1.54) is 17.7 Å². The van der Waals surface area contributed by atoms with Crippen LogP contribution in [-0.4, -0.2) is 5.54 Å². The number of hydrogen-bond donors (Lipinski definition) is 1. The zero-order valence-corrected chi connectivity index (χ0v) is 11.6. The maximum absolute atomic E-state index is 6.49. The summed E-state index contributed by atoms with van der Waals surface area (Å²) in [6.45, 7) is 4.68. The smallest absolute Gasteiger partial charge is 0.0931 e. The number of rotatable bonds is 2. The molecule has 0 aliphatic heterocycles. The van der Waals surface area contributed by atoms with Gasteiger partial charge >= 0.3 is 0 Å². The van der Waals surface area contributed by atoms with Crippen LogP contribution >= 0.6 is 22.9 Å². The van der Waals surface area contributed by atoms with Crippen molar-refractivity contribution in [2.24, 2.45) is 11.1 Å². The van der Waals surface area contributed by atoms with Crippen LogP contribution in [0.25, 0.3) is 0 Å². The highest BCUT2D eigenvalue weighted by molar-refractivity contribution is 7.16. The second kappa shape index (κ2) is 4.32. The van der Waals surface area contributed by atoms with Crippen LogP contribution in [0, 0.1) is 5.41 Å². The van der Waals surface area contributed by atoms with Gasteiger partial charge in [0.15, 0.2) is 0 Å². The minimum Gasteiger partial charge on any atom is -0.325 e. The van der Waals surface area contributed by atoms with Crippen molar-refractivity contribution in [2.75, 3.05) is 0 Å². The van der Waals surface area contributed by atoms with Crippen LogP contribution in [0.1, 0.15) is 44.4 Å². The molecule has 2 rings (SSSR count). The molecule has 0 radical (unpaired) electrons. The first kappa shape index (κ1) is 12.4. The molecule has 0 amide bonds. The summed E-state index contributed by atoms with van der Waals surface area (Å²) in [4.78, 5) is 1.33. The summed E-state index contributed by atoms with van der Waals surface area (Å²) in [6.07, 6.45) is 5.73. The molecule has 3 heteroatoms. The van der Waals surface area contributed by atoms with E-state index in [-0.39, 0.29) is 5.54 Å². The standard InChI is InChI=1S/C13H20ClNS/c1-12(2)5-7-13(15,8-6-12)9-10-3-4-11(14)16-10/h3-4H,5-9,15H2,1-2H3. The third-order valence-electron chi connectivity index (χ3n) is 3.75. The zero-order chi connectivity index (χ0) is 11.8. The van der Waals surface area contributed by atoms with E-state index in [2.05, 4.69) is 19.9 Å². The summed E-state index contributed by atoms with van der Waals surface area (Å²) in [5.41, 5.74) is 6.97. The maximum Gasteiger partial charge on any atom is 0.0931 e. The van der Waals surface area contributed by atoms with E-state index in [1.807, 2.05) is 6.07 Å². The average molecular weight is 258 g/mol. The van der Waals surface area contributed by atoms with Gasteiger partial charge in [-0.3, -0.25) is 0 Å². The molecule has 90 valence electrons. The van der Waals surface area contributed by atoms with Crippen LogP contribution in [0.4, 0.5) is 0 Å². The van der Waals surface area contributed by atoms with E-state index < -0.39 is 0 Å². The average Bonchev–Trinajstić information content (AvgIpc) is 2.58. The largest absolute Gasteiger partial charge is 0.325 e. The van der Waals surface area contributed by atoms with E-state index in [9.17, 15) is 0 Å². The summed E-state index contributed by atoms with van der Waals surface area (Å²) in [7, 11) is 0. The lowest BCUT2D eigenvalue weighted by molar-refractivity contribution is 0.165. The van der Waals surface area contributed by atoms with Gasteiger partial charge in [-0.05, 0) is 49.7 Å². The molecule has 0 aromatic carbocycles. The van der Waals surface area contributed by atoms with Crippen molar-refractivity contribution >= 4 is 22.9 Å². The lowest BCUT2D eigenvalue weighted by Crippen LogP contribution is -2.46. The molecule has 1 nitrogen and oxygen atoms in total. The summed E-state index contributed by atoms with van der Waals surface area (Å²) in [6, 6.07) is 4.08. The van der Waals surface area contributed by atoms with Gasteiger partial charge in [0, 0.05) is 10.4 Å². The van der Waals surface area contributed by atoms with Gasteiger partial charge in [-0.2, -0.15) is 0 Å². The molecular formula is C13H20ClNS. The number of thiophene rings is 1. The second-order valence-electron chi connectivity index (χ2n) is 5.91. The SMILES string of the molecule is CC1(C)CCC(N)(Cc2ccc(Cl)s2)CC1. The maximum atomic E-state index is 6.49. The molecule has 0 saturated heterocycles. The van der Waals surface area contributed by atoms with Gasteiger partial charge < -0.3 is 5.73 Å². The molecule has 0 spiro atoms. The van der Waals surface area contributed by atoms with Gasteiger partial charge in [-0.25, -0.2) is 0 Å². The summed E-state index contributed by atoms with van der Waals surface area (Å²) in [5.74, 6) is 0. The number of halogens is 1. The Kier molecular flexibility index (Phi) is 3.35. The lowest BCUT2D eigenvalue weighted by atomic mass is 9.68. The van der Waals surface area contributed by atoms with Gasteiger partial charge in [0.25, 0.3) is 0 Å². The predicted molar refractivity (Wildman–Crippen MR) is 72.2 cm³/mol. The Labute approximate surface area is 107 Å². The Bertz CT molecular complexity index is 360. The number of hydrogen-bond acceptors (Lipinski definition) is 2. The molecule has 1 saturated carbocycles. The fourth-order valence-corrected chi connectivity index (χ4v) is 3.64. The molecular weight excluding hydrogens is 238 g/mol. The first-order valence-corrected chi connectivity index (χ1v) is 7.11. The molecule has 1 heterocycles. The fraction of sp³-hybridized carbons (Fsp3) is 0.692. The highest BCUT2D eigenvalue weighted by Gasteiger charge is 2.35. The Morgan fingerprint density at radius 1 is 1.25 bits per heavy atom. The minimum atomic E-state index is 0.00367. The van der Waals surface area contributed by atoms with Crippen molar-refractivity contribution in [3.8, 4) is 0 Å². The van der Waals surface area contributed by atoms with Gasteiger partial charge in [0.1, 0.15) is 0 Å². The fourth-order valence-electron chi connectivity index (χ4n) is 2.40. The van der Waals surface area contributed by atoms with Gasteiger partial charge in [-0.15, -0.1) is 11.3 Å². The van der Waals surface area contributed by atoms with Crippen molar-refractivity contribution < 1.29 is 0 Å². The number of nitrogens with two attached hydrogens (primary N) is 1. The Morgan fingerprint density at radius 2 is 1.88 bits per heavy atom. The molecule has 0 atom stereocenters. The van der Waals surface area contributed by atoms with E-state index in [1.54, 1.807) is 11.3 Å². The van der Waals surface area contributed by atoms with E-state index in [0.717, 1.165) is 23.6 Å². The van der Waals surface area contributed by atoms with Gasteiger partial charge in [-0.1, -0.05) is 25.4 Å². The summed E-state index contributed by atoms with van der Waals surface area (Å²) in [5, 5.41) is 0. The van der Waals surface area contributed by atoms with E-state index in [0.29, 0.717) is 5.41 Å². The van der Waals surface area contributed by atoms with E-state index in [4.69, 9.17) is 17.3 Å². The molecule has 2 N–H and O–H groups in total. The highest BCUT2D eigenvalue weighted by Crippen LogP contribution is 2.41. The third-order valence-corrected chi connectivity index (χ3v) is 4.99. The quantitative estimate of drug-likeness (QED) is 0.843. The molecule has 1 fully saturated rings. The van der Waals surface area contributed by atoms with Gasteiger partial charge in [0.2, 0.25) is 0 Å². The lowest BCUT2D eigenvalue weighted by Gasteiger charge is -2.41. The van der Waals surface area contributed by atoms with Crippen LogP contribution in [-0.2, 0) is 6.42 Å². The molecule has 1 aromatic rings. The molecule has 16 heavy (non-hydrogen) atoms. The first-order valence-electron chi connectivity index (χ1n) is 5.92. The van der Waals surface area contributed by atoms with Crippen LogP contribution in [0.2, 0.25) is 4.34 Å². The molecule has 1 aliphatic carbocycles. The molecule has 1 aromatic heterocycles. The minimum absolute atomic E-state index is 0.00367. The van der Waals surface area contributed by atoms with Crippen LogP contribution in [0.15, 0.2) is 12.1 Å². The van der Waals surface area contributed by atoms with Gasteiger partial charge in [0.05, 0.1) is 4.34 Å². The van der Waals surface area contributed by atoms with Crippen molar-refractivity contribution in [3.05, 3.63) is 21.3 Å². The third kappa shape index (κ3) is 2.99. The molecule has 1 aliphatic rings. The van der Waals surface area contributed by atoms with Crippen molar-refractivity contribution in [1.82, 2.24) is 0 Å². The highest BCUT2D eigenvalue weighted by atomic mass is 35.5. The normalized spacial score (nSPS) is 23.2. The van der Waals surface area contributed by atoms with Crippen LogP contribution in [0.3, 0.4) is 0 Å². The van der Waals surface area contributed by atoms with Crippen LogP contribution < -0.4 is 5.73 Å². The van der Waals surface area contributed by atoms with Crippen molar-refractivity contribution in [2.45, 2.75) is 51.5 Å². The van der Waals surface area contributed by atoms with Crippen molar-refractivity contribution in [3.63, 3.8) is 0 Å². The first-order chi connectivity index (χ1) is 7.39. The Balaban J connectivity index is 1.99. The topological polar surface area (TPSA) is 26.0 Å². The second-order valence-corrected chi connectivity index (χ2v) is 7.71. The van der Waals surface area contributed by atoms with Crippen molar-refractivity contribution in [1.29, 1.82) is 0 Å².